The zero-order valence-corrected chi connectivity index (χ0v) is 10.6. The summed E-state index contributed by atoms with van der Waals surface area (Å²) in [6, 6.07) is -0.569. The molecule has 1 atom stereocenters. The maximum atomic E-state index is 11.9. The van der Waals surface area contributed by atoms with Gasteiger partial charge in [0, 0.05) is 13.5 Å². The van der Waals surface area contributed by atoms with Crippen molar-refractivity contribution in [1.29, 1.82) is 0 Å². The second-order valence-corrected chi connectivity index (χ2v) is 4.16. The molecule has 1 heterocycles. The number of carbonyl (C=O) groups excluding carboxylic acids is 4. The molecule has 100 valence electrons. The molecule has 0 N–H and O–H groups in total. The lowest BCUT2D eigenvalue weighted by Crippen LogP contribution is -2.40. The van der Waals surface area contributed by atoms with Crippen LogP contribution in [-0.2, 0) is 23.9 Å². The molecule has 1 amide bonds. The van der Waals surface area contributed by atoms with Crippen LogP contribution in [0.3, 0.4) is 0 Å². The molecule has 18 heavy (non-hydrogen) atoms. The number of hydrogen-bond acceptors (Lipinski definition) is 5. The molecule has 1 unspecified atom stereocenters. The molecule has 0 bridgehead atoms. The number of carbonyl (C=O) groups is 4. The second-order valence-electron chi connectivity index (χ2n) is 4.16. The molecule has 1 aliphatic heterocycles. The van der Waals surface area contributed by atoms with Crippen molar-refractivity contribution in [3.8, 4) is 0 Å². The molecule has 1 rings (SSSR count). The normalized spacial score (nSPS) is 18.6. The Morgan fingerprint density at radius 2 is 1.94 bits per heavy atom. The van der Waals surface area contributed by atoms with Gasteiger partial charge in [0.05, 0.1) is 19.1 Å². The molecule has 0 saturated carbocycles. The van der Waals surface area contributed by atoms with Gasteiger partial charge in [0.25, 0.3) is 0 Å². The minimum atomic E-state index is -0.988. The number of ketones is 2. The van der Waals surface area contributed by atoms with E-state index in [0.717, 1.165) is 6.42 Å². The highest BCUT2D eigenvalue weighted by Crippen LogP contribution is 2.19. The number of rotatable bonds is 5. The minimum Gasteiger partial charge on any atom is -0.460 e. The fourth-order valence-electron chi connectivity index (χ4n) is 2.04. The average Bonchev–Trinajstić information content (AvgIpc) is 2.78. The fraction of sp³-hybridized carbons (Fsp3) is 0.667. The number of nitrogens with zero attached hydrogens (tertiary/aromatic N) is 1. The van der Waals surface area contributed by atoms with Gasteiger partial charge in [-0.1, -0.05) is 0 Å². The Morgan fingerprint density at radius 3 is 2.50 bits per heavy atom. The molecular formula is C12H17NO5. The van der Waals surface area contributed by atoms with E-state index in [2.05, 4.69) is 4.74 Å². The number of likely N-dealkylation sites (tertiary alicyclic amines) is 1. The summed E-state index contributed by atoms with van der Waals surface area (Å²) < 4.78 is 4.52. The van der Waals surface area contributed by atoms with Crippen molar-refractivity contribution in [2.75, 3.05) is 13.2 Å². The molecule has 6 nitrogen and oxygen atoms in total. The summed E-state index contributed by atoms with van der Waals surface area (Å²) in [7, 11) is 0. The number of Topliss-reactive ketones (excluding diaryl/α,β-unsaturated/α-hetero) is 2. The molecule has 0 aromatic rings. The van der Waals surface area contributed by atoms with E-state index >= 15 is 0 Å². The van der Waals surface area contributed by atoms with Gasteiger partial charge in [-0.15, -0.1) is 0 Å². The Hall–Kier alpha value is -1.72. The van der Waals surface area contributed by atoms with E-state index in [9.17, 15) is 19.2 Å². The largest absolute Gasteiger partial charge is 0.460 e. The third-order valence-electron chi connectivity index (χ3n) is 2.87. The summed E-state index contributed by atoms with van der Waals surface area (Å²) in [6.45, 7) is 3.60. The van der Waals surface area contributed by atoms with Gasteiger partial charge in [0.2, 0.25) is 11.7 Å². The zero-order chi connectivity index (χ0) is 13.7. The quantitative estimate of drug-likeness (QED) is 0.395. The van der Waals surface area contributed by atoms with Gasteiger partial charge in [0.1, 0.15) is 0 Å². The number of amides is 1. The number of hydrogen-bond donors (Lipinski definition) is 0. The molecule has 0 spiro atoms. The van der Waals surface area contributed by atoms with Gasteiger partial charge in [-0.2, -0.15) is 0 Å². The van der Waals surface area contributed by atoms with E-state index in [1.165, 1.54) is 11.8 Å². The topological polar surface area (TPSA) is 80.8 Å². The predicted octanol–water partition coefficient (Wildman–Crippen LogP) is 0.0887. The van der Waals surface area contributed by atoms with Crippen LogP contribution in [0.5, 0.6) is 0 Å². The first kappa shape index (κ1) is 14.3. The van der Waals surface area contributed by atoms with Crippen molar-refractivity contribution < 1.29 is 23.9 Å². The Morgan fingerprint density at radius 1 is 1.28 bits per heavy atom. The SMILES string of the molecule is CCOC(=O)C(=O)CC(=O)C1CCCN1C(C)=O. The van der Waals surface area contributed by atoms with Crippen molar-refractivity contribution in [2.24, 2.45) is 0 Å². The molecule has 0 radical (unpaired) electrons. The van der Waals surface area contributed by atoms with E-state index in [1.807, 2.05) is 0 Å². The Balaban J connectivity index is 2.57. The van der Waals surface area contributed by atoms with Gasteiger partial charge in [-0.25, -0.2) is 4.79 Å². The lowest BCUT2D eigenvalue weighted by atomic mass is 10.0. The third kappa shape index (κ3) is 3.38. The van der Waals surface area contributed by atoms with Crippen LogP contribution < -0.4 is 0 Å². The lowest BCUT2D eigenvalue weighted by Gasteiger charge is -2.21. The van der Waals surface area contributed by atoms with Gasteiger partial charge in [-0.3, -0.25) is 14.4 Å². The summed E-state index contributed by atoms with van der Waals surface area (Å²) in [5.74, 6) is -2.41. The first-order valence-corrected chi connectivity index (χ1v) is 5.97. The van der Waals surface area contributed by atoms with Crippen molar-refractivity contribution in [1.82, 2.24) is 4.90 Å². The number of esters is 1. The summed E-state index contributed by atoms with van der Waals surface area (Å²) >= 11 is 0. The standard InChI is InChI=1S/C12H17NO5/c1-3-18-12(17)11(16)7-10(15)9-5-4-6-13(9)8(2)14/h9H,3-7H2,1-2H3. The molecule has 1 fully saturated rings. The van der Waals surface area contributed by atoms with Crippen LogP contribution in [0.4, 0.5) is 0 Å². The minimum absolute atomic E-state index is 0.0990. The second kappa shape index (κ2) is 6.28. The molecular weight excluding hydrogens is 238 g/mol. The Bertz CT molecular complexity index is 377. The van der Waals surface area contributed by atoms with Crippen LogP contribution in [0.1, 0.15) is 33.1 Å². The van der Waals surface area contributed by atoms with Crippen molar-refractivity contribution in [2.45, 2.75) is 39.2 Å². The zero-order valence-electron chi connectivity index (χ0n) is 10.6. The summed E-state index contributed by atoms with van der Waals surface area (Å²) in [5.41, 5.74) is 0. The van der Waals surface area contributed by atoms with Gasteiger partial charge >= 0.3 is 5.97 Å². The van der Waals surface area contributed by atoms with Gasteiger partial charge in [0.15, 0.2) is 5.78 Å². The van der Waals surface area contributed by atoms with Crippen LogP contribution in [0, 0.1) is 0 Å². The lowest BCUT2D eigenvalue weighted by molar-refractivity contribution is -0.154. The molecule has 0 aromatic carbocycles. The first-order valence-electron chi connectivity index (χ1n) is 5.97. The van der Waals surface area contributed by atoms with Crippen molar-refractivity contribution >= 4 is 23.4 Å². The summed E-state index contributed by atoms with van der Waals surface area (Å²) in [4.78, 5) is 47.1. The van der Waals surface area contributed by atoms with Crippen LogP contribution in [-0.4, -0.2) is 47.5 Å². The van der Waals surface area contributed by atoms with E-state index in [1.54, 1.807) is 6.92 Å². The highest BCUT2D eigenvalue weighted by Gasteiger charge is 2.34. The monoisotopic (exact) mass is 255 g/mol. The first-order chi connectivity index (χ1) is 8.47. The smallest absolute Gasteiger partial charge is 0.375 e. The van der Waals surface area contributed by atoms with E-state index < -0.39 is 24.2 Å². The predicted molar refractivity (Wildman–Crippen MR) is 61.7 cm³/mol. The van der Waals surface area contributed by atoms with E-state index in [0.29, 0.717) is 13.0 Å². The average molecular weight is 255 g/mol. The summed E-state index contributed by atoms with van der Waals surface area (Å²) in [6.07, 6.45) is 0.797. The Kier molecular flexibility index (Phi) is 5.00. The maximum Gasteiger partial charge on any atom is 0.375 e. The molecule has 1 saturated heterocycles. The van der Waals surface area contributed by atoms with E-state index in [4.69, 9.17) is 0 Å². The molecule has 6 heteroatoms. The summed E-state index contributed by atoms with van der Waals surface area (Å²) in [5, 5.41) is 0. The molecule has 0 aliphatic carbocycles. The highest BCUT2D eigenvalue weighted by atomic mass is 16.5. The van der Waals surface area contributed by atoms with Crippen LogP contribution in [0.15, 0.2) is 0 Å². The number of ether oxygens (including phenoxy) is 1. The van der Waals surface area contributed by atoms with Crippen molar-refractivity contribution in [3.63, 3.8) is 0 Å². The van der Waals surface area contributed by atoms with E-state index in [-0.39, 0.29) is 18.3 Å². The maximum absolute atomic E-state index is 11.9. The van der Waals surface area contributed by atoms with Gasteiger partial charge < -0.3 is 9.64 Å². The highest BCUT2D eigenvalue weighted by molar-refractivity contribution is 6.37. The molecule has 1 aliphatic rings. The van der Waals surface area contributed by atoms with Crippen molar-refractivity contribution in [3.05, 3.63) is 0 Å². The van der Waals surface area contributed by atoms with Gasteiger partial charge in [-0.05, 0) is 19.8 Å². The molecule has 0 aromatic heterocycles. The van der Waals surface area contributed by atoms with Crippen LogP contribution in [0.2, 0.25) is 0 Å². The Labute approximate surface area is 105 Å². The van der Waals surface area contributed by atoms with Crippen LogP contribution >= 0.6 is 0 Å². The third-order valence-corrected chi connectivity index (χ3v) is 2.87. The van der Waals surface area contributed by atoms with Crippen LogP contribution in [0.25, 0.3) is 0 Å². The fourth-order valence-corrected chi connectivity index (χ4v) is 2.04.